The van der Waals surface area contributed by atoms with E-state index in [-0.39, 0.29) is 0 Å². The Kier molecular flexibility index (Phi) is 2.65. The van der Waals surface area contributed by atoms with Gasteiger partial charge in [0.05, 0.1) is 6.20 Å². The number of rotatable bonds is 4. The third-order valence-corrected chi connectivity index (χ3v) is 3.18. The van der Waals surface area contributed by atoms with Crippen LogP contribution in [0.25, 0.3) is 10.8 Å². The van der Waals surface area contributed by atoms with Gasteiger partial charge in [0, 0.05) is 29.9 Å². The summed E-state index contributed by atoms with van der Waals surface area (Å²) in [7, 11) is 0. The van der Waals surface area contributed by atoms with Crippen molar-refractivity contribution in [2.24, 2.45) is 5.73 Å². The van der Waals surface area contributed by atoms with Gasteiger partial charge in [0.2, 0.25) is 0 Å². The van der Waals surface area contributed by atoms with Crippen molar-refractivity contribution in [2.45, 2.75) is 18.9 Å². The highest BCUT2D eigenvalue weighted by Crippen LogP contribution is 2.33. The Morgan fingerprint density at radius 3 is 2.88 bits per heavy atom. The van der Waals surface area contributed by atoms with Crippen LogP contribution >= 0.6 is 0 Å². The van der Waals surface area contributed by atoms with Gasteiger partial charge in [0.15, 0.2) is 5.82 Å². The molecule has 0 unspecified atom stereocenters. The molecule has 4 heteroatoms. The van der Waals surface area contributed by atoms with E-state index in [1.165, 1.54) is 18.2 Å². The van der Waals surface area contributed by atoms with Gasteiger partial charge in [0.1, 0.15) is 0 Å². The molecule has 4 nitrogen and oxygen atoms in total. The van der Waals surface area contributed by atoms with Crippen LogP contribution in [0.1, 0.15) is 12.8 Å². The quantitative estimate of drug-likeness (QED) is 0.862. The van der Waals surface area contributed by atoms with Gasteiger partial charge in [-0.15, -0.1) is 5.10 Å². The largest absolute Gasteiger partial charge is 0.350 e. The van der Waals surface area contributed by atoms with E-state index in [4.69, 9.17) is 5.73 Å². The zero-order chi connectivity index (χ0) is 11.7. The highest BCUT2D eigenvalue weighted by Gasteiger charge is 2.30. The summed E-state index contributed by atoms with van der Waals surface area (Å²) in [5.41, 5.74) is 5.69. The summed E-state index contributed by atoms with van der Waals surface area (Å²) in [5, 5.41) is 10.7. The minimum Gasteiger partial charge on any atom is -0.350 e. The van der Waals surface area contributed by atoms with E-state index in [1.54, 1.807) is 0 Å². The van der Waals surface area contributed by atoms with Gasteiger partial charge >= 0.3 is 0 Å². The highest BCUT2D eigenvalue weighted by molar-refractivity contribution is 5.91. The summed E-state index contributed by atoms with van der Waals surface area (Å²) >= 11 is 0. The van der Waals surface area contributed by atoms with Crippen LogP contribution in [0.15, 0.2) is 30.5 Å². The summed E-state index contributed by atoms with van der Waals surface area (Å²) in [6.45, 7) is 1.51. The lowest BCUT2D eigenvalue weighted by molar-refractivity contribution is 0.764. The van der Waals surface area contributed by atoms with Crippen molar-refractivity contribution in [1.82, 2.24) is 10.2 Å². The van der Waals surface area contributed by atoms with Crippen LogP contribution in [0.3, 0.4) is 0 Å². The van der Waals surface area contributed by atoms with Gasteiger partial charge in [-0.2, -0.15) is 5.10 Å². The van der Waals surface area contributed by atoms with Crippen LogP contribution < -0.4 is 10.6 Å². The van der Waals surface area contributed by atoms with Gasteiger partial charge < -0.3 is 10.6 Å². The van der Waals surface area contributed by atoms with Crippen LogP contribution in [0, 0.1) is 0 Å². The molecule has 2 N–H and O–H groups in total. The minimum atomic E-state index is 0.610. The smallest absolute Gasteiger partial charge is 0.159 e. The van der Waals surface area contributed by atoms with Crippen LogP contribution in [0.4, 0.5) is 5.82 Å². The van der Waals surface area contributed by atoms with Crippen molar-refractivity contribution in [1.29, 1.82) is 0 Å². The SMILES string of the molecule is NCCN(c1nncc2ccccc12)C1CC1. The van der Waals surface area contributed by atoms with Crippen molar-refractivity contribution in [3.63, 3.8) is 0 Å². The first-order chi connectivity index (χ1) is 8.40. The standard InChI is InChI=1S/C13H16N4/c14-7-8-17(11-5-6-11)13-12-4-2-1-3-10(12)9-15-16-13/h1-4,9,11H,5-8,14H2. The molecular weight excluding hydrogens is 212 g/mol. The lowest BCUT2D eigenvalue weighted by Crippen LogP contribution is -2.32. The average molecular weight is 228 g/mol. The fourth-order valence-corrected chi connectivity index (χ4v) is 2.21. The fourth-order valence-electron chi connectivity index (χ4n) is 2.21. The summed E-state index contributed by atoms with van der Waals surface area (Å²) < 4.78 is 0. The monoisotopic (exact) mass is 228 g/mol. The molecule has 1 fully saturated rings. The maximum atomic E-state index is 5.69. The number of nitrogens with two attached hydrogens (primary N) is 1. The molecule has 1 aromatic heterocycles. The molecule has 0 amide bonds. The normalized spacial score (nSPS) is 15.1. The third kappa shape index (κ3) is 1.96. The summed E-state index contributed by atoms with van der Waals surface area (Å²) in [6, 6.07) is 8.85. The molecule has 1 aliphatic carbocycles. The van der Waals surface area contributed by atoms with E-state index in [2.05, 4.69) is 27.2 Å². The van der Waals surface area contributed by atoms with Crippen molar-refractivity contribution < 1.29 is 0 Å². The van der Waals surface area contributed by atoms with Gasteiger partial charge in [-0.1, -0.05) is 24.3 Å². The number of hydrogen-bond donors (Lipinski definition) is 1. The molecule has 1 heterocycles. The molecule has 1 aromatic carbocycles. The number of benzene rings is 1. The summed E-state index contributed by atoms with van der Waals surface area (Å²) in [4.78, 5) is 2.30. The zero-order valence-electron chi connectivity index (χ0n) is 9.71. The van der Waals surface area contributed by atoms with Crippen LogP contribution in [-0.4, -0.2) is 29.3 Å². The predicted octanol–water partition coefficient (Wildman–Crippen LogP) is 1.56. The van der Waals surface area contributed by atoms with Gasteiger partial charge in [-0.25, -0.2) is 0 Å². The number of aromatic nitrogens is 2. The van der Waals surface area contributed by atoms with Crippen LogP contribution in [-0.2, 0) is 0 Å². The van der Waals surface area contributed by atoms with Crippen molar-refractivity contribution in [3.05, 3.63) is 30.5 Å². The molecule has 0 saturated heterocycles. The Bertz CT molecular complexity index is 516. The molecule has 88 valence electrons. The zero-order valence-corrected chi connectivity index (χ0v) is 9.71. The summed E-state index contributed by atoms with van der Waals surface area (Å²) in [5.74, 6) is 0.982. The third-order valence-electron chi connectivity index (χ3n) is 3.18. The summed E-state index contributed by atoms with van der Waals surface area (Å²) in [6.07, 6.45) is 4.29. The second kappa shape index (κ2) is 4.30. The average Bonchev–Trinajstić information content (AvgIpc) is 3.20. The lowest BCUT2D eigenvalue weighted by Gasteiger charge is -2.23. The molecule has 0 spiro atoms. The van der Waals surface area contributed by atoms with E-state index in [0.717, 1.165) is 17.7 Å². The first-order valence-electron chi connectivity index (χ1n) is 6.07. The van der Waals surface area contributed by atoms with Gasteiger partial charge in [-0.05, 0) is 12.8 Å². The maximum absolute atomic E-state index is 5.69. The Morgan fingerprint density at radius 1 is 1.29 bits per heavy atom. The molecule has 0 atom stereocenters. The molecule has 1 aliphatic rings. The molecule has 0 bridgehead atoms. The van der Waals surface area contributed by atoms with Gasteiger partial charge in [0.25, 0.3) is 0 Å². The number of anilines is 1. The second-order valence-corrected chi connectivity index (χ2v) is 4.47. The molecule has 0 aliphatic heterocycles. The molecule has 1 saturated carbocycles. The molecule has 0 radical (unpaired) electrons. The number of fused-ring (bicyclic) bond motifs is 1. The number of hydrogen-bond acceptors (Lipinski definition) is 4. The molecular formula is C13H16N4. The fraction of sp³-hybridized carbons (Fsp3) is 0.385. The Balaban J connectivity index is 2.08. The second-order valence-electron chi connectivity index (χ2n) is 4.47. The predicted molar refractivity (Wildman–Crippen MR) is 69.0 cm³/mol. The van der Waals surface area contributed by atoms with Crippen molar-refractivity contribution >= 4 is 16.6 Å². The first kappa shape index (κ1) is 10.5. The van der Waals surface area contributed by atoms with E-state index in [1.807, 2.05) is 18.3 Å². The van der Waals surface area contributed by atoms with E-state index in [0.29, 0.717) is 12.6 Å². The first-order valence-corrected chi connectivity index (χ1v) is 6.07. The van der Waals surface area contributed by atoms with E-state index >= 15 is 0 Å². The van der Waals surface area contributed by atoms with E-state index < -0.39 is 0 Å². The molecule has 2 aromatic rings. The Morgan fingerprint density at radius 2 is 2.12 bits per heavy atom. The lowest BCUT2D eigenvalue weighted by atomic mass is 10.2. The van der Waals surface area contributed by atoms with E-state index in [9.17, 15) is 0 Å². The topological polar surface area (TPSA) is 55.0 Å². The van der Waals surface area contributed by atoms with Crippen molar-refractivity contribution in [3.8, 4) is 0 Å². The maximum Gasteiger partial charge on any atom is 0.159 e. The Hall–Kier alpha value is -1.68. The minimum absolute atomic E-state index is 0.610. The van der Waals surface area contributed by atoms with Crippen molar-refractivity contribution in [2.75, 3.05) is 18.0 Å². The van der Waals surface area contributed by atoms with Crippen LogP contribution in [0.5, 0.6) is 0 Å². The van der Waals surface area contributed by atoms with Gasteiger partial charge in [-0.3, -0.25) is 0 Å². The highest BCUT2D eigenvalue weighted by atomic mass is 15.3. The number of nitrogens with zero attached hydrogens (tertiary/aromatic N) is 3. The molecule has 17 heavy (non-hydrogen) atoms. The Labute approximate surface area is 100 Å². The molecule has 3 rings (SSSR count). The van der Waals surface area contributed by atoms with Crippen LogP contribution in [0.2, 0.25) is 0 Å².